The molecular weight excluding hydrogens is 609 g/mol. The van der Waals surface area contributed by atoms with Crippen LogP contribution < -0.4 is 0 Å². The van der Waals surface area contributed by atoms with Crippen molar-refractivity contribution < 1.29 is 33.3 Å². The van der Waals surface area contributed by atoms with Crippen LogP contribution in [0, 0.1) is 5.92 Å². The molecule has 4 aliphatic rings. The maximum Gasteiger partial charge on any atom is 0.330 e. The summed E-state index contributed by atoms with van der Waals surface area (Å²) in [4.78, 5) is 13.5. The molecule has 1 N–H and O–H groups in total. The second-order valence-corrected chi connectivity index (χ2v) is 20.8. The molecule has 264 valence electrons. The maximum atomic E-state index is 13.5. The van der Waals surface area contributed by atoms with E-state index in [2.05, 4.69) is 92.3 Å². The van der Waals surface area contributed by atoms with E-state index < -0.39 is 32.6 Å². The summed E-state index contributed by atoms with van der Waals surface area (Å²) in [7, 11) is -2.39. The smallest absolute Gasteiger partial charge is 0.330 e. The minimum atomic E-state index is -2.39. The summed E-state index contributed by atoms with van der Waals surface area (Å²) in [5.41, 5.74) is 3.36. The van der Waals surface area contributed by atoms with Crippen molar-refractivity contribution in [3.8, 4) is 0 Å². The lowest BCUT2D eigenvalue weighted by molar-refractivity contribution is -0.147. The molecule has 0 aromatic carbocycles. The maximum absolute atomic E-state index is 13.5. The molecule has 0 spiro atoms. The van der Waals surface area contributed by atoms with Gasteiger partial charge in [0.2, 0.25) is 8.32 Å². The van der Waals surface area contributed by atoms with E-state index in [-0.39, 0.29) is 30.5 Å². The Morgan fingerprint density at radius 1 is 1.00 bits per heavy atom. The van der Waals surface area contributed by atoms with Crippen molar-refractivity contribution in [1.82, 2.24) is 0 Å². The van der Waals surface area contributed by atoms with E-state index in [4.69, 9.17) is 23.4 Å². The van der Waals surface area contributed by atoms with Crippen molar-refractivity contribution in [3.05, 3.63) is 60.3 Å². The van der Waals surface area contributed by atoms with Gasteiger partial charge in [0.1, 0.15) is 18.3 Å². The molecular formula is C39H62O7Si. The van der Waals surface area contributed by atoms with E-state index in [0.29, 0.717) is 48.4 Å². The van der Waals surface area contributed by atoms with Crippen LogP contribution in [-0.4, -0.2) is 74.8 Å². The molecule has 0 aromatic rings. The van der Waals surface area contributed by atoms with Gasteiger partial charge >= 0.3 is 5.97 Å². The van der Waals surface area contributed by atoms with Crippen molar-refractivity contribution >= 4 is 14.3 Å². The fourth-order valence-corrected chi connectivity index (χ4v) is 13.7. The first kappa shape index (κ1) is 38.0. The van der Waals surface area contributed by atoms with Gasteiger partial charge in [0.25, 0.3) is 0 Å². The first-order chi connectivity index (χ1) is 22.3. The zero-order chi connectivity index (χ0) is 34.3. The van der Waals surface area contributed by atoms with Crippen LogP contribution in [0.25, 0.3) is 0 Å². The van der Waals surface area contributed by atoms with E-state index in [1.165, 1.54) is 11.6 Å². The average Bonchev–Trinajstić information content (AvgIpc) is 3.75. The highest BCUT2D eigenvalue weighted by Gasteiger charge is 2.51. The van der Waals surface area contributed by atoms with Crippen molar-refractivity contribution in [2.75, 3.05) is 6.61 Å². The van der Waals surface area contributed by atoms with Crippen LogP contribution in [0.5, 0.6) is 0 Å². The number of aliphatic hydroxyl groups is 1. The van der Waals surface area contributed by atoms with Crippen LogP contribution in [0.3, 0.4) is 0 Å². The van der Waals surface area contributed by atoms with Gasteiger partial charge in [-0.25, -0.2) is 4.79 Å². The number of rotatable bonds is 8. The molecule has 1 saturated heterocycles. The number of ether oxygens (including phenoxy) is 4. The quantitative estimate of drug-likeness (QED) is 0.120. The van der Waals surface area contributed by atoms with Crippen LogP contribution >= 0.6 is 0 Å². The van der Waals surface area contributed by atoms with Gasteiger partial charge in [-0.2, -0.15) is 0 Å². The normalized spacial score (nSPS) is 34.5. The van der Waals surface area contributed by atoms with Gasteiger partial charge in [-0.05, 0) is 68.0 Å². The first-order valence-corrected chi connectivity index (χ1v) is 20.2. The second kappa shape index (κ2) is 17.2. The molecule has 1 fully saturated rings. The van der Waals surface area contributed by atoms with Crippen LogP contribution in [0.2, 0.25) is 16.6 Å². The highest BCUT2D eigenvalue weighted by Crippen LogP contribution is 2.44. The van der Waals surface area contributed by atoms with Gasteiger partial charge in [0.15, 0.2) is 0 Å². The predicted octanol–water partition coefficient (Wildman–Crippen LogP) is 8.30. The number of hydrogen-bond acceptors (Lipinski definition) is 7. The third-order valence-corrected chi connectivity index (χ3v) is 16.6. The topological polar surface area (TPSA) is 86.8 Å². The van der Waals surface area contributed by atoms with Gasteiger partial charge in [-0.3, -0.25) is 0 Å². The lowest BCUT2D eigenvalue weighted by Crippen LogP contribution is -2.52. The zero-order valence-electron chi connectivity index (χ0n) is 30.2. The summed E-state index contributed by atoms with van der Waals surface area (Å²) in [6, 6.07) is 0. The summed E-state index contributed by atoms with van der Waals surface area (Å²) in [5.74, 6) is -0.0196. The summed E-state index contributed by atoms with van der Waals surface area (Å²) < 4.78 is 32.2. The fraction of sp³-hybridized carbons (Fsp3) is 0.718. The molecule has 9 atom stereocenters. The Morgan fingerprint density at radius 2 is 1.72 bits per heavy atom. The summed E-state index contributed by atoms with van der Waals surface area (Å²) in [5, 5.41) is 11.2. The Morgan fingerprint density at radius 3 is 2.40 bits per heavy atom. The molecule has 0 radical (unpaired) electrons. The van der Waals surface area contributed by atoms with Crippen LogP contribution in [0.1, 0.15) is 100 Å². The Balaban J connectivity index is 1.65. The largest absolute Gasteiger partial charge is 0.456 e. The SMILES string of the molecule is C=C1C[C@H](C)C[C@@H]2CC=C[C@@H](C/C=C\C(=O)O[C@H]([C@H](/C=C/[C@@H]3CC(C)=CCO3)O[Si](C(C)C)(C(C)C)C(C)C)C[C@H]3OC3[C@@H](O)C1)O2. The van der Waals surface area contributed by atoms with E-state index in [1.807, 2.05) is 6.08 Å². The molecule has 2 bridgehead atoms. The standard InChI is InChI=1S/C39H62O7Si/c1-25(2)47(26(3)4,27(5)6)46-35(17-16-32-21-28(7)18-19-42-32)36-24-37-39(45-37)34(40)23-30(9)20-29(8)22-33-14-10-12-31(43-33)13-11-15-38(41)44-36/h10-12,15-18,25-27,29,31-37,39-40H,9,13-14,19-24H2,1-8H3/b15-11-,17-16+/t29-,31-,32+,33-,34-,35-,36-,37+,39?/m0/s1. The van der Waals surface area contributed by atoms with Gasteiger partial charge in [-0.15, -0.1) is 0 Å². The minimum Gasteiger partial charge on any atom is -0.456 e. The molecule has 4 rings (SSSR count). The minimum absolute atomic E-state index is 0.0679. The van der Waals surface area contributed by atoms with Crippen LogP contribution in [0.4, 0.5) is 0 Å². The van der Waals surface area contributed by atoms with Crippen LogP contribution in [-0.2, 0) is 28.2 Å². The molecule has 0 aromatic heterocycles. The van der Waals surface area contributed by atoms with Gasteiger partial charge in [0, 0.05) is 12.5 Å². The zero-order valence-corrected chi connectivity index (χ0v) is 31.2. The van der Waals surface area contributed by atoms with E-state index >= 15 is 0 Å². The number of epoxide rings is 1. The number of cyclic esters (lactones) is 1. The lowest BCUT2D eigenvalue weighted by Gasteiger charge is -2.45. The van der Waals surface area contributed by atoms with Crippen molar-refractivity contribution in [3.63, 3.8) is 0 Å². The molecule has 0 amide bonds. The van der Waals surface area contributed by atoms with E-state index in [0.717, 1.165) is 31.3 Å². The number of esters is 1. The molecule has 47 heavy (non-hydrogen) atoms. The molecule has 4 aliphatic heterocycles. The van der Waals surface area contributed by atoms with Crippen molar-refractivity contribution in [2.24, 2.45) is 5.92 Å². The van der Waals surface area contributed by atoms with Crippen molar-refractivity contribution in [1.29, 1.82) is 0 Å². The highest BCUT2D eigenvalue weighted by atomic mass is 28.4. The third kappa shape index (κ3) is 10.6. The summed E-state index contributed by atoms with van der Waals surface area (Å²) in [6.45, 7) is 22.8. The molecule has 1 unspecified atom stereocenters. The second-order valence-electron chi connectivity index (χ2n) is 15.4. The number of hydrogen-bond donors (Lipinski definition) is 1. The Kier molecular flexibility index (Phi) is 13.9. The average molecular weight is 671 g/mol. The number of aliphatic hydroxyl groups excluding tert-OH is 1. The molecule has 8 heteroatoms. The van der Waals surface area contributed by atoms with Crippen LogP contribution in [0.15, 0.2) is 60.3 Å². The molecule has 7 nitrogen and oxygen atoms in total. The Hall–Kier alpha value is -1.81. The van der Waals surface area contributed by atoms with E-state index in [9.17, 15) is 9.90 Å². The summed E-state index contributed by atoms with van der Waals surface area (Å²) in [6.07, 6.45) is 16.6. The lowest BCUT2D eigenvalue weighted by atomic mass is 9.91. The summed E-state index contributed by atoms with van der Waals surface area (Å²) >= 11 is 0. The molecule has 0 aliphatic carbocycles. The number of carbonyl (C=O) groups is 1. The number of carbonyl (C=O) groups excluding carboxylic acids is 1. The highest BCUT2D eigenvalue weighted by molar-refractivity contribution is 6.77. The molecule has 0 saturated carbocycles. The molecule has 4 heterocycles. The fourth-order valence-electron chi connectivity index (χ4n) is 8.20. The van der Waals surface area contributed by atoms with Gasteiger partial charge in [-0.1, -0.05) is 103 Å². The monoisotopic (exact) mass is 670 g/mol. The Bertz CT molecular complexity index is 1150. The Labute approximate surface area is 285 Å². The number of fused-ring (bicyclic) bond motifs is 3. The van der Waals surface area contributed by atoms with Gasteiger partial charge in [0.05, 0.1) is 37.1 Å². The van der Waals surface area contributed by atoms with E-state index in [1.54, 1.807) is 0 Å². The van der Waals surface area contributed by atoms with Crippen molar-refractivity contribution in [2.45, 2.75) is 166 Å². The first-order valence-electron chi connectivity index (χ1n) is 18.1. The third-order valence-electron chi connectivity index (χ3n) is 10.5. The predicted molar refractivity (Wildman–Crippen MR) is 191 cm³/mol. The van der Waals surface area contributed by atoms with Gasteiger partial charge < -0.3 is 28.5 Å².